The van der Waals surface area contributed by atoms with Crippen LogP contribution < -0.4 is 10.2 Å². The summed E-state index contributed by atoms with van der Waals surface area (Å²) in [6, 6.07) is 2.05. The zero-order valence-corrected chi connectivity index (χ0v) is 15.2. The van der Waals surface area contributed by atoms with Crippen LogP contribution >= 0.6 is 0 Å². The number of piperidine rings is 1. The Morgan fingerprint density at radius 3 is 2.67 bits per heavy atom. The predicted octanol–water partition coefficient (Wildman–Crippen LogP) is 2.93. The van der Waals surface area contributed by atoms with Gasteiger partial charge >= 0.3 is 5.51 Å². The number of hydrogen-bond acceptors (Lipinski definition) is 5. The number of benzene rings is 1. The molecule has 0 amide bonds. The lowest BCUT2D eigenvalue weighted by molar-refractivity contribution is -0.0435. The number of aryl methyl sites for hydroxylation is 1. The quantitative estimate of drug-likeness (QED) is 0.791. The third-order valence-corrected chi connectivity index (χ3v) is 5.90. The van der Waals surface area contributed by atoms with E-state index in [9.17, 15) is 26.0 Å². The van der Waals surface area contributed by atoms with Gasteiger partial charge in [0.2, 0.25) is 0 Å². The van der Waals surface area contributed by atoms with Gasteiger partial charge in [0.15, 0.2) is 0 Å². The van der Waals surface area contributed by atoms with Crippen LogP contribution in [-0.2, 0) is 16.9 Å². The van der Waals surface area contributed by atoms with E-state index in [1.54, 1.807) is 17.9 Å². The lowest BCUT2D eigenvalue weighted by Crippen LogP contribution is -2.42. The molecule has 3 rings (SSSR count). The molecular formula is C16H18F4N4O2S. The van der Waals surface area contributed by atoms with Gasteiger partial charge in [0.25, 0.3) is 9.84 Å². The second-order valence-electron chi connectivity index (χ2n) is 6.39. The average Bonchev–Trinajstić information content (AvgIpc) is 3.02. The Morgan fingerprint density at radius 2 is 2.04 bits per heavy atom. The van der Waals surface area contributed by atoms with Crippen LogP contribution in [0.25, 0.3) is 0 Å². The second-order valence-corrected chi connectivity index (χ2v) is 8.30. The summed E-state index contributed by atoms with van der Waals surface area (Å²) < 4.78 is 77.5. The molecule has 1 aliphatic rings. The van der Waals surface area contributed by atoms with Crippen molar-refractivity contribution >= 4 is 21.2 Å². The maximum Gasteiger partial charge on any atom is 0.501 e. The first kappa shape index (κ1) is 19.5. The van der Waals surface area contributed by atoms with Crippen LogP contribution in [0.2, 0.25) is 0 Å². The number of nitrogens with one attached hydrogen (secondary N) is 1. The average molecular weight is 406 g/mol. The Labute approximate surface area is 153 Å². The minimum Gasteiger partial charge on any atom is -0.379 e. The molecule has 2 heterocycles. The summed E-state index contributed by atoms with van der Waals surface area (Å²) in [4.78, 5) is 0.906. The minimum absolute atomic E-state index is 0.258. The first-order chi connectivity index (χ1) is 12.6. The number of hydrogen-bond donors (Lipinski definition) is 1. The molecule has 27 heavy (non-hydrogen) atoms. The zero-order valence-electron chi connectivity index (χ0n) is 14.4. The Hall–Kier alpha value is -2.30. The summed E-state index contributed by atoms with van der Waals surface area (Å²) in [5.74, 6) is -1.05. The maximum absolute atomic E-state index is 13.5. The third-order valence-electron chi connectivity index (χ3n) is 4.38. The molecule has 1 atom stereocenters. The molecule has 1 fully saturated rings. The summed E-state index contributed by atoms with van der Waals surface area (Å²) >= 11 is 0. The molecule has 1 aromatic carbocycles. The number of alkyl halides is 3. The second kappa shape index (κ2) is 7.02. The van der Waals surface area contributed by atoms with Crippen LogP contribution in [0.4, 0.5) is 28.9 Å². The van der Waals surface area contributed by atoms with Gasteiger partial charge in [-0.25, -0.2) is 12.8 Å². The highest BCUT2D eigenvalue weighted by Crippen LogP contribution is 2.35. The van der Waals surface area contributed by atoms with Gasteiger partial charge in [-0.05, 0) is 31.0 Å². The molecule has 6 nitrogen and oxygen atoms in total. The van der Waals surface area contributed by atoms with Gasteiger partial charge in [0, 0.05) is 32.4 Å². The van der Waals surface area contributed by atoms with E-state index in [2.05, 4.69) is 10.4 Å². The van der Waals surface area contributed by atoms with Gasteiger partial charge < -0.3 is 10.2 Å². The summed E-state index contributed by atoms with van der Waals surface area (Å²) in [5.41, 5.74) is -4.90. The Balaban J connectivity index is 1.85. The van der Waals surface area contributed by atoms with Crippen molar-refractivity contribution in [2.24, 2.45) is 7.05 Å². The summed E-state index contributed by atoms with van der Waals surface area (Å²) in [7, 11) is -3.90. The molecule has 0 radical (unpaired) electrons. The van der Waals surface area contributed by atoms with Crippen molar-refractivity contribution in [3.05, 3.63) is 36.4 Å². The predicted molar refractivity (Wildman–Crippen MR) is 91.7 cm³/mol. The minimum atomic E-state index is -5.67. The van der Waals surface area contributed by atoms with Crippen LogP contribution in [0.5, 0.6) is 0 Å². The van der Waals surface area contributed by atoms with Crippen molar-refractivity contribution in [3.63, 3.8) is 0 Å². The van der Waals surface area contributed by atoms with Crippen molar-refractivity contribution in [2.45, 2.75) is 29.3 Å². The van der Waals surface area contributed by atoms with Gasteiger partial charge in [-0.2, -0.15) is 18.3 Å². The fourth-order valence-corrected chi connectivity index (χ4v) is 4.02. The molecule has 1 unspecified atom stereocenters. The highest BCUT2D eigenvalue weighted by atomic mass is 32.2. The van der Waals surface area contributed by atoms with Crippen LogP contribution in [-0.4, -0.2) is 42.8 Å². The van der Waals surface area contributed by atoms with Crippen LogP contribution in [0.15, 0.2) is 35.5 Å². The van der Waals surface area contributed by atoms with E-state index in [0.717, 1.165) is 30.8 Å². The molecule has 0 spiro atoms. The SMILES string of the molecule is Cn1cc(N2CCCC(Nc3ccc(F)cc3S(=O)(=O)C(F)(F)F)C2)cn1. The number of rotatable bonds is 4. The van der Waals surface area contributed by atoms with E-state index in [4.69, 9.17) is 0 Å². The van der Waals surface area contributed by atoms with Gasteiger partial charge in [0.1, 0.15) is 10.7 Å². The summed E-state index contributed by atoms with van der Waals surface area (Å²) in [6.45, 7) is 1.20. The molecular weight excluding hydrogens is 388 g/mol. The lowest BCUT2D eigenvalue weighted by Gasteiger charge is -2.34. The van der Waals surface area contributed by atoms with Crippen molar-refractivity contribution in [2.75, 3.05) is 23.3 Å². The standard InChI is InChI=1S/C16H18F4N4O2S/c1-23-10-13(8-21-23)24-6-2-3-12(9-24)22-14-5-4-11(17)7-15(14)27(25,26)16(18,19)20/h4-5,7-8,10,12,22H,2-3,6,9H2,1H3. The highest BCUT2D eigenvalue weighted by Gasteiger charge is 2.48. The van der Waals surface area contributed by atoms with Crippen molar-refractivity contribution in [1.82, 2.24) is 9.78 Å². The molecule has 1 aliphatic heterocycles. The van der Waals surface area contributed by atoms with Crippen LogP contribution in [0.1, 0.15) is 12.8 Å². The van der Waals surface area contributed by atoms with E-state index >= 15 is 0 Å². The van der Waals surface area contributed by atoms with Crippen molar-refractivity contribution in [3.8, 4) is 0 Å². The number of anilines is 2. The highest BCUT2D eigenvalue weighted by molar-refractivity contribution is 7.92. The summed E-state index contributed by atoms with van der Waals surface area (Å²) in [6.07, 6.45) is 4.90. The smallest absolute Gasteiger partial charge is 0.379 e. The summed E-state index contributed by atoms with van der Waals surface area (Å²) in [5, 5.41) is 6.94. The Morgan fingerprint density at radius 1 is 1.30 bits per heavy atom. The Kier molecular flexibility index (Phi) is 5.06. The molecule has 0 aliphatic carbocycles. The fourth-order valence-electron chi connectivity index (χ4n) is 3.08. The maximum atomic E-state index is 13.5. The molecule has 1 aromatic heterocycles. The molecule has 11 heteroatoms. The first-order valence-electron chi connectivity index (χ1n) is 8.19. The van der Waals surface area contributed by atoms with Crippen LogP contribution in [0, 0.1) is 5.82 Å². The zero-order chi connectivity index (χ0) is 19.8. The van der Waals surface area contributed by atoms with E-state index in [0.29, 0.717) is 19.0 Å². The number of nitrogens with zero attached hydrogens (tertiary/aromatic N) is 3. The van der Waals surface area contributed by atoms with Gasteiger partial charge in [0.05, 0.1) is 17.6 Å². The van der Waals surface area contributed by atoms with Gasteiger partial charge in [-0.1, -0.05) is 0 Å². The third kappa shape index (κ3) is 4.02. The number of halogens is 4. The van der Waals surface area contributed by atoms with E-state index < -0.39 is 26.1 Å². The molecule has 0 saturated carbocycles. The monoisotopic (exact) mass is 406 g/mol. The normalized spacial score (nSPS) is 18.6. The first-order valence-corrected chi connectivity index (χ1v) is 9.67. The van der Waals surface area contributed by atoms with Gasteiger partial charge in [-0.3, -0.25) is 4.68 Å². The van der Waals surface area contributed by atoms with Crippen molar-refractivity contribution in [1.29, 1.82) is 0 Å². The van der Waals surface area contributed by atoms with E-state index in [-0.39, 0.29) is 11.7 Å². The number of aromatic nitrogens is 2. The molecule has 1 saturated heterocycles. The molecule has 0 bridgehead atoms. The largest absolute Gasteiger partial charge is 0.501 e. The topological polar surface area (TPSA) is 67.2 Å². The van der Waals surface area contributed by atoms with E-state index in [1.165, 1.54) is 0 Å². The van der Waals surface area contributed by atoms with E-state index in [1.807, 2.05) is 11.1 Å². The lowest BCUT2D eigenvalue weighted by atomic mass is 10.0. The number of sulfone groups is 1. The fraction of sp³-hybridized carbons (Fsp3) is 0.438. The molecule has 148 valence electrons. The Bertz CT molecular complexity index is 927. The van der Waals surface area contributed by atoms with Gasteiger partial charge in [-0.15, -0.1) is 0 Å². The molecule has 2 aromatic rings. The molecule has 1 N–H and O–H groups in total. The van der Waals surface area contributed by atoms with Crippen molar-refractivity contribution < 1.29 is 26.0 Å². The van der Waals surface area contributed by atoms with Crippen LogP contribution in [0.3, 0.4) is 0 Å².